The van der Waals surface area contributed by atoms with Crippen molar-refractivity contribution >= 4 is 39.1 Å². The van der Waals surface area contributed by atoms with Crippen LogP contribution in [0.3, 0.4) is 0 Å². The van der Waals surface area contributed by atoms with E-state index in [0.29, 0.717) is 0 Å². The van der Waals surface area contributed by atoms with Gasteiger partial charge in [0.2, 0.25) is 11.8 Å². The highest BCUT2D eigenvalue weighted by molar-refractivity contribution is 9.10. The Kier molecular flexibility index (Phi) is 11.8. The van der Waals surface area contributed by atoms with Gasteiger partial charge in [-0.1, -0.05) is 55.3 Å². The molecule has 0 heterocycles. The number of nitrogens with one attached hydrogen (secondary N) is 2. The van der Waals surface area contributed by atoms with Crippen LogP contribution in [0.5, 0.6) is 5.75 Å². The van der Waals surface area contributed by atoms with E-state index < -0.39 is 0 Å². The van der Waals surface area contributed by atoms with E-state index in [1.807, 2.05) is 43.3 Å². The third-order valence-corrected chi connectivity index (χ3v) is 7.79. The van der Waals surface area contributed by atoms with Crippen LogP contribution in [0.2, 0.25) is 0 Å². The van der Waals surface area contributed by atoms with Crippen LogP contribution in [0.25, 0.3) is 0 Å². The van der Waals surface area contributed by atoms with Crippen LogP contribution in [0.4, 0.5) is 11.4 Å². The van der Waals surface area contributed by atoms with Gasteiger partial charge in [-0.05, 0) is 80.2 Å². The third kappa shape index (κ3) is 8.68. The Labute approximate surface area is 219 Å². The van der Waals surface area contributed by atoms with Gasteiger partial charge in [0.1, 0.15) is 5.75 Å². The number of rotatable bonds is 7. The molecule has 0 radical (unpaired) electrons. The van der Waals surface area contributed by atoms with E-state index in [1.165, 1.54) is 26.2 Å². The molecule has 0 aromatic heterocycles. The van der Waals surface area contributed by atoms with Gasteiger partial charge in [-0.3, -0.25) is 9.59 Å². The van der Waals surface area contributed by atoms with Gasteiger partial charge in [0.05, 0.1) is 7.11 Å². The fraction of sp³-hybridized carbons (Fsp3) is 0.517. The summed E-state index contributed by atoms with van der Waals surface area (Å²) < 4.78 is 6.36. The zero-order valence-electron chi connectivity index (χ0n) is 22.0. The molecular formula is C29H41BrN2O3. The van der Waals surface area contributed by atoms with Gasteiger partial charge in [0.25, 0.3) is 0 Å². The maximum absolute atomic E-state index is 12.4. The van der Waals surface area contributed by atoms with Crippen molar-refractivity contribution in [3.8, 4) is 5.75 Å². The molecule has 6 heteroatoms. The Balaban J connectivity index is 0.000000283. The Bertz CT molecular complexity index is 984. The number of anilines is 2. The number of benzene rings is 2. The maximum Gasteiger partial charge on any atom is 0.227 e. The summed E-state index contributed by atoms with van der Waals surface area (Å²) in [6.45, 7) is 10.2. The molecule has 0 spiro atoms. The van der Waals surface area contributed by atoms with Gasteiger partial charge < -0.3 is 15.4 Å². The zero-order valence-corrected chi connectivity index (χ0v) is 23.6. The molecule has 2 N–H and O–H groups in total. The first-order valence-corrected chi connectivity index (χ1v) is 13.5. The van der Waals surface area contributed by atoms with E-state index >= 15 is 0 Å². The van der Waals surface area contributed by atoms with Crippen molar-refractivity contribution in [3.63, 3.8) is 0 Å². The number of hydrogen-bond donors (Lipinski definition) is 2. The monoisotopic (exact) mass is 544 g/mol. The van der Waals surface area contributed by atoms with Gasteiger partial charge in [0.15, 0.2) is 0 Å². The summed E-state index contributed by atoms with van der Waals surface area (Å²) in [6, 6.07) is 11.6. The van der Waals surface area contributed by atoms with Crippen LogP contribution in [0.1, 0.15) is 70.9 Å². The van der Waals surface area contributed by atoms with Crippen molar-refractivity contribution in [2.75, 3.05) is 17.7 Å². The van der Waals surface area contributed by atoms with Crippen molar-refractivity contribution in [2.24, 2.45) is 17.8 Å². The fourth-order valence-electron chi connectivity index (χ4n) is 4.65. The minimum Gasteiger partial charge on any atom is -0.496 e. The van der Waals surface area contributed by atoms with E-state index in [9.17, 15) is 9.59 Å². The molecule has 1 unspecified atom stereocenters. The molecule has 2 aromatic carbocycles. The molecular weight excluding hydrogens is 504 g/mol. The Hall–Kier alpha value is -2.34. The second kappa shape index (κ2) is 14.3. The minimum absolute atomic E-state index is 0.0344. The summed E-state index contributed by atoms with van der Waals surface area (Å²) in [6.07, 6.45) is 6.55. The van der Waals surface area contributed by atoms with Gasteiger partial charge in [0, 0.05) is 34.8 Å². The highest BCUT2D eigenvalue weighted by atomic mass is 79.9. The number of methoxy groups -OCH3 is 1. The summed E-state index contributed by atoms with van der Waals surface area (Å²) in [5.41, 5.74) is 3.94. The number of carbonyl (C=O) groups is 2. The lowest BCUT2D eigenvalue weighted by Gasteiger charge is -2.31. The lowest BCUT2D eigenvalue weighted by molar-refractivity contribution is -0.121. The van der Waals surface area contributed by atoms with Crippen molar-refractivity contribution in [3.05, 3.63) is 52.0 Å². The van der Waals surface area contributed by atoms with Crippen LogP contribution >= 0.6 is 15.9 Å². The van der Waals surface area contributed by atoms with Crippen molar-refractivity contribution < 1.29 is 14.3 Å². The van der Waals surface area contributed by atoms with Gasteiger partial charge in [-0.25, -0.2) is 0 Å². The third-order valence-electron chi connectivity index (χ3n) is 7.05. The normalized spacial score (nSPS) is 18.0. The molecule has 1 atom stereocenters. The number of carbonyl (C=O) groups excluding carboxylic acids is 2. The van der Waals surface area contributed by atoms with Crippen molar-refractivity contribution in [1.29, 1.82) is 0 Å². The number of hydrogen-bond acceptors (Lipinski definition) is 3. The molecule has 35 heavy (non-hydrogen) atoms. The number of ether oxygens (including phenoxy) is 1. The van der Waals surface area contributed by atoms with E-state index in [2.05, 4.69) is 47.3 Å². The van der Waals surface area contributed by atoms with E-state index in [1.54, 1.807) is 7.11 Å². The quantitative estimate of drug-likeness (QED) is 0.374. The van der Waals surface area contributed by atoms with Crippen LogP contribution in [0.15, 0.2) is 40.9 Å². The number of halogens is 1. The van der Waals surface area contributed by atoms with Crippen LogP contribution in [-0.4, -0.2) is 18.9 Å². The van der Waals surface area contributed by atoms with Gasteiger partial charge in [-0.15, -0.1) is 0 Å². The van der Waals surface area contributed by atoms with E-state index in [4.69, 9.17) is 4.74 Å². The molecule has 2 amide bonds. The molecule has 3 rings (SSSR count). The van der Waals surface area contributed by atoms with E-state index in [-0.39, 0.29) is 17.7 Å². The van der Waals surface area contributed by atoms with Crippen molar-refractivity contribution in [2.45, 2.75) is 73.1 Å². The predicted molar refractivity (Wildman–Crippen MR) is 149 cm³/mol. The second-order valence-corrected chi connectivity index (χ2v) is 10.3. The molecule has 0 bridgehead atoms. The molecule has 1 fully saturated rings. The van der Waals surface area contributed by atoms with Crippen molar-refractivity contribution in [1.82, 2.24) is 0 Å². The topological polar surface area (TPSA) is 67.4 Å². The lowest BCUT2D eigenvalue weighted by Crippen LogP contribution is -2.28. The summed E-state index contributed by atoms with van der Waals surface area (Å²) in [7, 11) is 1.66. The summed E-state index contributed by atoms with van der Waals surface area (Å²) in [4.78, 5) is 23.3. The standard InChI is InChI=1S/C19H29NO2.C10H12BrNO/c1-5-13(2)15-7-9-16(10-8-15)19(21)20-17-11-6-14(3)18(12-17)22-4;1-3-8-9(11)5-4-6-10(8)12-7(2)13/h6,11-13,15-16H,5,7-10H2,1-4H3,(H,20,21);4-6H,3H2,1-2H3,(H,12,13). The SMILES string of the molecule is CCC(C)C1CCC(C(=O)Nc2ccc(C)c(OC)c2)CC1.CCc1c(Br)cccc1NC(C)=O. The van der Waals surface area contributed by atoms with Gasteiger partial charge >= 0.3 is 0 Å². The first-order chi connectivity index (χ1) is 16.7. The summed E-state index contributed by atoms with van der Waals surface area (Å²) in [5, 5.41) is 5.85. The molecule has 1 saturated carbocycles. The van der Waals surface area contributed by atoms with E-state index in [0.717, 1.165) is 63.8 Å². The highest BCUT2D eigenvalue weighted by Crippen LogP contribution is 2.35. The zero-order chi connectivity index (χ0) is 26.0. The molecule has 5 nitrogen and oxygen atoms in total. The Morgan fingerprint density at radius 3 is 2.34 bits per heavy atom. The maximum atomic E-state index is 12.4. The molecule has 2 aromatic rings. The van der Waals surface area contributed by atoms with Gasteiger partial charge in [-0.2, -0.15) is 0 Å². The summed E-state index contributed by atoms with van der Waals surface area (Å²) in [5.74, 6) is 2.69. The molecule has 0 aliphatic heterocycles. The average molecular weight is 546 g/mol. The molecule has 0 saturated heterocycles. The minimum atomic E-state index is -0.0344. The number of amides is 2. The molecule has 192 valence electrons. The second-order valence-electron chi connectivity index (χ2n) is 9.47. The molecule has 1 aliphatic rings. The smallest absolute Gasteiger partial charge is 0.227 e. The summed E-state index contributed by atoms with van der Waals surface area (Å²) >= 11 is 3.45. The molecule has 1 aliphatic carbocycles. The fourth-order valence-corrected chi connectivity index (χ4v) is 5.30. The average Bonchev–Trinajstić information content (AvgIpc) is 2.85. The predicted octanol–water partition coefficient (Wildman–Crippen LogP) is 7.76. The van der Waals surface area contributed by atoms with Crippen LogP contribution in [0, 0.1) is 24.7 Å². The van der Waals surface area contributed by atoms with Crippen LogP contribution in [-0.2, 0) is 16.0 Å². The highest BCUT2D eigenvalue weighted by Gasteiger charge is 2.28. The first-order valence-electron chi connectivity index (χ1n) is 12.7. The first kappa shape index (κ1) is 28.9. The number of aryl methyl sites for hydroxylation is 1. The largest absolute Gasteiger partial charge is 0.496 e. The Morgan fingerprint density at radius 2 is 1.77 bits per heavy atom. The van der Waals surface area contributed by atoms with Crippen LogP contribution < -0.4 is 15.4 Å². The Morgan fingerprint density at radius 1 is 1.09 bits per heavy atom. The lowest BCUT2D eigenvalue weighted by atomic mass is 9.75.